The minimum atomic E-state index is -4.97. The van der Waals surface area contributed by atoms with Crippen LogP contribution in [0.5, 0.6) is 28.9 Å². The highest BCUT2D eigenvalue weighted by molar-refractivity contribution is 6.07. The predicted octanol–water partition coefficient (Wildman–Crippen LogP) is 7.14. The smallest absolute Gasteiger partial charge is 0.493 e. The van der Waals surface area contributed by atoms with Crippen molar-refractivity contribution in [3.05, 3.63) is 82.2 Å². The number of ether oxygens (including phenoxy) is 4. The van der Waals surface area contributed by atoms with Gasteiger partial charge in [0.25, 0.3) is 5.91 Å². The maximum Gasteiger partial charge on any atom is 0.573 e. The van der Waals surface area contributed by atoms with Crippen LogP contribution in [0.3, 0.4) is 0 Å². The first-order valence-electron chi connectivity index (χ1n) is 16.3. The molecular weight excluding hydrogens is 674 g/mol. The van der Waals surface area contributed by atoms with Crippen LogP contribution in [0.25, 0.3) is 21.8 Å². The monoisotopic (exact) mass is 709 g/mol. The van der Waals surface area contributed by atoms with E-state index in [1.165, 1.54) is 62.4 Å². The van der Waals surface area contributed by atoms with Gasteiger partial charge in [-0.15, -0.1) is 13.2 Å². The summed E-state index contributed by atoms with van der Waals surface area (Å²) in [4.78, 5) is 37.6. The Bertz CT molecular complexity index is 2150. The summed E-state index contributed by atoms with van der Waals surface area (Å²) in [5.41, 5.74) is -0.132. The molecule has 1 saturated heterocycles. The molecule has 268 valence electrons. The summed E-state index contributed by atoms with van der Waals surface area (Å²) in [6.45, 7) is 5.18. The second-order valence-corrected chi connectivity index (χ2v) is 12.1. The zero-order chi connectivity index (χ0) is 36.3. The Morgan fingerprint density at radius 1 is 0.961 bits per heavy atom. The summed E-state index contributed by atoms with van der Waals surface area (Å²) < 4.78 is 76.6. The Labute approximate surface area is 289 Å². The number of carbonyl (C=O) groups is 1. The van der Waals surface area contributed by atoms with Crippen LogP contribution in [-0.2, 0) is 7.05 Å². The number of benzene rings is 3. The lowest BCUT2D eigenvalue weighted by Gasteiger charge is -2.26. The van der Waals surface area contributed by atoms with Crippen molar-refractivity contribution >= 4 is 33.4 Å². The van der Waals surface area contributed by atoms with Crippen molar-refractivity contribution < 1.29 is 41.3 Å². The number of nitrogens with zero attached hydrogens (tertiary/aromatic N) is 4. The lowest BCUT2D eigenvalue weighted by molar-refractivity contribution is -0.274. The average Bonchev–Trinajstić information content (AvgIpc) is 3.10. The number of anilines is 1. The van der Waals surface area contributed by atoms with Crippen molar-refractivity contribution in [3.63, 3.8) is 0 Å². The maximum absolute atomic E-state index is 15.4. The highest BCUT2D eigenvalue weighted by Crippen LogP contribution is 2.37. The van der Waals surface area contributed by atoms with Gasteiger partial charge in [-0.2, -0.15) is 0 Å². The Kier molecular flexibility index (Phi) is 10.3. The number of aromatic nitrogens is 3. The molecule has 6 rings (SSSR count). The molecule has 3 aromatic carbocycles. The maximum atomic E-state index is 15.4. The molecule has 51 heavy (non-hydrogen) atoms. The van der Waals surface area contributed by atoms with E-state index in [0.29, 0.717) is 29.0 Å². The molecule has 11 nitrogen and oxygen atoms in total. The largest absolute Gasteiger partial charge is 0.573 e. The number of amides is 1. The molecule has 0 saturated carbocycles. The van der Waals surface area contributed by atoms with E-state index in [-0.39, 0.29) is 39.5 Å². The molecule has 0 atom stereocenters. The number of aryl methyl sites for hydroxylation is 1. The van der Waals surface area contributed by atoms with Crippen LogP contribution in [0.4, 0.5) is 23.2 Å². The molecule has 3 heterocycles. The van der Waals surface area contributed by atoms with Gasteiger partial charge in [-0.05, 0) is 75.7 Å². The van der Waals surface area contributed by atoms with Gasteiger partial charge in [0, 0.05) is 37.1 Å². The van der Waals surface area contributed by atoms with Gasteiger partial charge < -0.3 is 33.7 Å². The third-order valence-corrected chi connectivity index (χ3v) is 8.73. The van der Waals surface area contributed by atoms with Crippen LogP contribution < -0.4 is 29.7 Å². The van der Waals surface area contributed by atoms with Gasteiger partial charge >= 0.3 is 6.36 Å². The molecule has 0 unspecified atom stereocenters. The quantitative estimate of drug-likeness (QED) is 0.113. The third-order valence-electron chi connectivity index (χ3n) is 8.73. The summed E-state index contributed by atoms with van der Waals surface area (Å²) in [5, 5.41) is 2.77. The van der Waals surface area contributed by atoms with Crippen LogP contribution in [0.15, 0.2) is 59.7 Å². The molecule has 0 bridgehead atoms. The Morgan fingerprint density at radius 2 is 1.75 bits per heavy atom. The molecule has 1 aliphatic rings. The summed E-state index contributed by atoms with van der Waals surface area (Å²) in [7, 11) is 3.06. The van der Waals surface area contributed by atoms with E-state index < -0.39 is 29.3 Å². The van der Waals surface area contributed by atoms with Crippen LogP contribution in [0.1, 0.15) is 41.7 Å². The molecule has 0 radical (unpaired) electrons. The highest BCUT2D eigenvalue weighted by Gasteiger charge is 2.31. The normalized spacial score (nSPS) is 13.7. The van der Waals surface area contributed by atoms with E-state index in [2.05, 4.69) is 24.9 Å². The summed E-state index contributed by atoms with van der Waals surface area (Å²) in [6.07, 6.45) is 0.891. The Balaban J connectivity index is 1.18. The van der Waals surface area contributed by atoms with Gasteiger partial charge in [0.2, 0.25) is 11.3 Å². The first-order valence-corrected chi connectivity index (χ1v) is 16.3. The number of methoxy groups -OCH3 is 1. The predicted molar refractivity (Wildman–Crippen MR) is 182 cm³/mol. The fraction of sp³-hybridized carbons (Fsp3) is 0.333. The minimum absolute atomic E-state index is 0.00292. The molecular formula is C36H35F4N5O6. The van der Waals surface area contributed by atoms with Crippen molar-refractivity contribution in [3.8, 4) is 28.9 Å². The van der Waals surface area contributed by atoms with Gasteiger partial charge in [0.05, 0.1) is 35.5 Å². The Hall–Kier alpha value is -5.44. The molecule has 15 heteroatoms. The molecule has 5 aromatic rings. The molecule has 1 N–H and O–H groups in total. The molecule has 0 spiro atoms. The lowest BCUT2D eigenvalue weighted by atomic mass is 10.1. The highest BCUT2D eigenvalue weighted by atomic mass is 19.4. The van der Waals surface area contributed by atoms with Gasteiger partial charge in [0.15, 0.2) is 23.1 Å². The number of carbonyl (C=O) groups excluding carboxylic acids is 1. The number of piperidine rings is 1. The molecule has 1 aliphatic heterocycles. The van der Waals surface area contributed by atoms with Crippen molar-refractivity contribution in [1.82, 2.24) is 19.4 Å². The number of pyridine rings is 1. The van der Waals surface area contributed by atoms with Crippen LogP contribution >= 0.6 is 0 Å². The summed E-state index contributed by atoms with van der Waals surface area (Å²) in [5.74, 6) is -1.57. The van der Waals surface area contributed by atoms with E-state index in [9.17, 15) is 22.8 Å². The van der Waals surface area contributed by atoms with Crippen LogP contribution in [0.2, 0.25) is 0 Å². The number of rotatable bonds is 11. The first-order chi connectivity index (χ1) is 24.4. The topological polar surface area (TPSA) is 117 Å². The third kappa shape index (κ3) is 7.98. The van der Waals surface area contributed by atoms with Gasteiger partial charge in [-0.3, -0.25) is 9.59 Å². The standard InChI is InChI=1S/C36H35F4N5O6/c1-21-32(33(46)25-17-23(51-36(38,39)40)9-10-28(25)44(21)2)34(47)43-22-8-11-29(26(37)16-22)50-35-24-18-30(48-3)31(19-27(24)41-20-42-35)49-15-7-14-45-12-5-4-6-13-45/h8-11,16-20H,4-7,12-15H2,1-3H3,(H,43,47). The number of likely N-dealkylation sites (tertiary alicyclic amines) is 1. The van der Waals surface area contributed by atoms with E-state index in [1.54, 1.807) is 19.2 Å². The van der Waals surface area contributed by atoms with Gasteiger partial charge in [-0.25, -0.2) is 14.4 Å². The average molecular weight is 710 g/mol. The second-order valence-electron chi connectivity index (χ2n) is 12.1. The molecule has 1 fully saturated rings. The van der Waals surface area contributed by atoms with E-state index in [1.807, 2.05) is 0 Å². The molecule has 0 aliphatic carbocycles. The number of hydrogen-bond donors (Lipinski definition) is 1. The number of nitrogens with one attached hydrogen (secondary N) is 1. The summed E-state index contributed by atoms with van der Waals surface area (Å²) in [6, 6.07) is 10.3. The first kappa shape index (κ1) is 35.4. The fourth-order valence-electron chi connectivity index (χ4n) is 6.11. The van der Waals surface area contributed by atoms with Crippen molar-refractivity contribution in [2.75, 3.05) is 38.7 Å². The lowest BCUT2D eigenvalue weighted by Crippen LogP contribution is -2.31. The minimum Gasteiger partial charge on any atom is -0.493 e. The SMILES string of the molecule is COc1cc2c(Oc3ccc(NC(=O)c4c(C)n(C)c5ccc(OC(F)(F)F)cc5c4=O)cc3F)ncnc2cc1OCCCN1CCCCC1. The zero-order valence-electron chi connectivity index (χ0n) is 28.1. The van der Waals surface area contributed by atoms with Crippen LogP contribution in [-0.4, -0.2) is 65.1 Å². The molecule has 1 amide bonds. The Morgan fingerprint density at radius 3 is 2.47 bits per heavy atom. The number of hydrogen-bond acceptors (Lipinski definition) is 9. The zero-order valence-corrected chi connectivity index (χ0v) is 28.1. The fourth-order valence-corrected chi connectivity index (χ4v) is 6.11. The van der Waals surface area contributed by atoms with Crippen molar-refractivity contribution in [2.45, 2.75) is 39.0 Å². The van der Waals surface area contributed by atoms with E-state index in [4.69, 9.17) is 14.2 Å². The van der Waals surface area contributed by atoms with Crippen molar-refractivity contribution in [2.24, 2.45) is 7.05 Å². The summed E-state index contributed by atoms with van der Waals surface area (Å²) >= 11 is 0. The molecule has 2 aromatic heterocycles. The number of alkyl halides is 3. The van der Waals surface area contributed by atoms with E-state index >= 15 is 4.39 Å². The van der Waals surface area contributed by atoms with Crippen molar-refractivity contribution in [1.29, 1.82) is 0 Å². The van der Waals surface area contributed by atoms with Gasteiger partial charge in [0.1, 0.15) is 17.6 Å². The van der Waals surface area contributed by atoms with Crippen LogP contribution in [0, 0.1) is 12.7 Å². The van der Waals surface area contributed by atoms with E-state index in [0.717, 1.165) is 44.3 Å². The number of fused-ring (bicyclic) bond motifs is 2. The second kappa shape index (κ2) is 14.8. The number of halogens is 4. The van der Waals surface area contributed by atoms with Gasteiger partial charge in [-0.1, -0.05) is 6.42 Å².